The quantitative estimate of drug-likeness (QED) is 0.857. The number of rotatable bonds is 2. The molecule has 0 bridgehead atoms. The van der Waals surface area contributed by atoms with Gasteiger partial charge in [0.2, 0.25) is 0 Å². The molecule has 1 aliphatic carbocycles. The van der Waals surface area contributed by atoms with Gasteiger partial charge in [-0.25, -0.2) is 9.97 Å². The Bertz CT molecular complexity index is 615. The molecular weight excluding hydrogens is 316 g/mol. The third-order valence-corrected chi connectivity index (χ3v) is 4.39. The third kappa shape index (κ3) is 2.60. The van der Waals surface area contributed by atoms with Crippen LogP contribution in [0.4, 0.5) is 0 Å². The summed E-state index contributed by atoms with van der Waals surface area (Å²) >= 11 is 3.52. The largest absolute Gasteiger partial charge is 0.313 e. The lowest BCUT2D eigenvalue weighted by molar-refractivity contribution is 0.532. The van der Waals surface area contributed by atoms with E-state index in [4.69, 9.17) is 4.98 Å². The van der Waals surface area contributed by atoms with Crippen molar-refractivity contribution in [1.29, 1.82) is 0 Å². The van der Waals surface area contributed by atoms with Gasteiger partial charge in [0, 0.05) is 34.2 Å². The zero-order chi connectivity index (χ0) is 13.9. The van der Waals surface area contributed by atoms with Crippen LogP contribution in [-0.4, -0.2) is 22.0 Å². The van der Waals surface area contributed by atoms with Gasteiger partial charge in [-0.2, -0.15) is 0 Å². The van der Waals surface area contributed by atoms with Gasteiger partial charge in [0.05, 0.1) is 0 Å². The number of halogens is 1. The van der Waals surface area contributed by atoms with E-state index in [1.165, 1.54) is 18.4 Å². The average molecular weight is 333 g/mol. The Morgan fingerprint density at radius 1 is 1.30 bits per heavy atom. The predicted octanol–water partition coefficient (Wildman–Crippen LogP) is 3.29. The maximum Gasteiger partial charge on any atom is 0.179 e. The molecule has 2 aromatic rings. The van der Waals surface area contributed by atoms with Crippen molar-refractivity contribution < 1.29 is 0 Å². The van der Waals surface area contributed by atoms with Crippen LogP contribution in [0.2, 0.25) is 0 Å². The highest BCUT2D eigenvalue weighted by atomic mass is 79.9. The molecule has 5 heteroatoms. The van der Waals surface area contributed by atoms with E-state index >= 15 is 0 Å². The van der Waals surface area contributed by atoms with Crippen LogP contribution >= 0.6 is 15.9 Å². The Labute approximate surface area is 127 Å². The summed E-state index contributed by atoms with van der Waals surface area (Å²) in [5.41, 5.74) is 3.20. The van der Waals surface area contributed by atoms with Crippen molar-refractivity contribution in [3.05, 3.63) is 40.3 Å². The molecule has 1 aliphatic rings. The fourth-order valence-corrected chi connectivity index (χ4v) is 3.11. The second kappa shape index (κ2) is 5.97. The minimum absolute atomic E-state index is 0.369. The Morgan fingerprint density at radius 2 is 2.20 bits per heavy atom. The summed E-state index contributed by atoms with van der Waals surface area (Å²) in [5, 5.41) is 3.37. The highest BCUT2D eigenvalue weighted by Gasteiger charge is 2.20. The molecule has 0 aliphatic heterocycles. The molecule has 0 spiro atoms. The first-order valence-corrected chi connectivity index (χ1v) is 7.73. The van der Waals surface area contributed by atoms with Crippen LogP contribution in [0.5, 0.6) is 0 Å². The third-order valence-electron chi connectivity index (χ3n) is 3.75. The lowest BCUT2D eigenvalue weighted by Gasteiger charge is -2.16. The van der Waals surface area contributed by atoms with Crippen LogP contribution in [0.1, 0.15) is 36.6 Å². The van der Waals surface area contributed by atoms with Gasteiger partial charge in [-0.1, -0.05) is 6.42 Å². The number of nitrogens with zero attached hydrogens (tertiary/aromatic N) is 3. The van der Waals surface area contributed by atoms with E-state index in [1.807, 2.05) is 25.4 Å². The molecule has 0 saturated carbocycles. The van der Waals surface area contributed by atoms with Crippen LogP contribution in [0.15, 0.2) is 29.0 Å². The van der Waals surface area contributed by atoms with Crippen molar-refractivity contribution in [2.75, 3.05) is 7.05 Å². The summed E-state index contributed by atoms with van der Waals surface area (Å²) in [6.45, 7) is 0. The number of nitrogens with one attached hydrogen (secondary N) is 1. The fraction of sp³-hybridized carbons (Fsp3) is 0.400. The first kappa shape index (κ1) is 13.6. The molecule has 0 amide bonds. The van der Waals surface area contributed by atoms with Gasteiger partial charge in [0.1, 0.15) is 5.69 Å². The zero-order valence-electron chi connectivity index (χ0n) is 11.4. The van der Waals surface area contributed by atoms with Crippen LogP contribution in [0.3, 0.4) is 0 Å². The van der Waals surface area contributed by atoms with Crippen LogP contribution in [0.25, 0.3) is 11.5 Å². The molecular formula is C15H17BrN4. The topological polar surface area (TPSA) is 50.7 Å². The van der Waals surface area contributed by atoms with Gasteiger partial charge < -0.3 is 5.32 Å². The average Bonchev–Trinajstić information content (AvgIpc) is 2.69. The van der Waals surface area contributed by atoms with Gasteiger partial charge in [0.25, 0.3) is 0 Å². The number of hydrogen-bond acceptors (Lipinski definition) is 4. The minimum atomic E-state index is 0.369. The molecule has 1 atom stereocenters. The van der Waals surface area contributed by atoms with Gasteiger partial charge in [-0.05, 0) is 54.4 Å². The summed E-state index contributed by atoms with van der Waals surface area (Å²) < 4.78 is 0.929. The first-order chi connectivity index (χ1) is 9.79. The van der Waals surface area contributed by atoms with E-state index in [9.17, 15) is 0 Å². The van der Waals surface area contributed by atoms with E-state index < -0.39 is 0 Å². The lowest BCUT2D eigenvalue weighted by Crippen LogP contribution is -2.17. The molecule has 0 aromatic carbocycles. The van der Waals surface area contributed by atoms with E-state index in [-0.39, 0.29) is 0 Å². The molecule has 2 aromatic heterocycles. The monoisotopic (exact) mass is 332 g/mol. The van der Waals surface area contributed by atoms with Crippen molar-refractivity contribution in [3.8, 4) is 11.5 Å². The summed E-state index contributed by atoms with van der Waals surface area (Å²) in [4.78, 5) is 13.7. The van der Waals surface area contributed by atoms with E-state index in [1.54, 1.807) is 6.20 Å². The second-order valence-electron chi connectivity index (χ2n) is 5.02. The number of aromatic nitrogens is 3. The fourth-order valence-electron chi connectivity index (χ4n) is 2.68. The predicted molar refractivity (Wildman–Crippen MR) is 82.3 cm³/mol. The zero-order valence-corrected chi connectivity index (χ0v) is 13.0. The summed E-state index contributed by atoms with van der Waals surface area (Å²) in [6.07, 6.45) is 8.32. The lowest BCUT2D eigenvalue weighted by atomic mass is 10.1. The van der Waals surface area contributed by atoms with Gasteiger partial charge in [-0.15, -0.1) is 0 Å². The summed E-state index contributed by atoms with van der Waals surface area (Å²) in [7, 11) is 2.00. The summed E-state index contributed by atoms with van der Waals surface area (Å²) in [5.74, 6) is 0.702. The smallest absolute Gasteiger partial charge is 0.179 e. The Kier molecular flexibility index (Phi) is 4.08. The first-order valence-electron chi connectivity index (χ1n) is 6.93. The van der Waals surface area contributed by atoms with Crippen molar-refractivity contribution in [2.24, 2.45) is 0 Å². The molecule has 0 fully saturated rings. The molecule has 104 valence electrons. The van der Waals surface area contributed by atoms with Crippen molar-refractivity contribution in [3.63, 3.8) is 0 Å². The van der Waals surface area contributed by atoms with Crippen LogP contribution < -0.4 is 5.32 Å². The van der Waals surface area contributed by atoms with Crippen LogP contribution in [-0.2, 0) is 6.42 Å². The number of pyridine rings is 1. The van der Waals surface area contributed by atoms with E-state index in [0.717, 1.165) is 28.7 Å². The van der Waals surface area contributed by atoms with Crippen LogP contribution in [0, 0.1) is 0 Å². The molecule has 4 nitrogen and oxygen atoms in total. The van der Waals surface area contributed by atoms with Gasteiger partial charge >= 0.3 is 0 Å². The molecule has 20 heavy (non-hydrogen) atoms. The molecule has 1 unspecified atom stereocenters. The van der Waals surface area contributed by atoms with Gasteiger partial charge in [-0.3, -0.25) is 4.98 Å². The van der Waals surface area contributed by atoms with Crippen molar-refractivity contribution >= 4 is 15.9 Å². The summed E-state index contributed by atoms with van der Waals surface area (Å²) in [6, 6.07) is 4.23. The molecule has 3 rings (SSSR count). The second-order valence-corrected chi connectivity index (χ2v) is 5.87. The Hall–Kier alpha value is -1.33. The Morgan fingerprint density at radius 3 is 3.00 bits per heavy atom. The molecule has 1 N–H and O–H groups in total. The number of hydrogen-bond donors (Lipinski definition) is 1. The standard InChI is InChI=1S/C15H17BrN4/c1-17-12-6-2-3-7-13-10(12)9-19-15(20-13)14-11(16)5-4-8-18-14/h4-5,8-9,12,17H,2-3,6-7H2,1H3. The highest BCUT2D eigenvalue weighted by Crippen LogP contribution is 2.29. The maximum absolute atomic E-state index is 4.76. The SMILES string of the molecule is CNC1CCCCc2nc(-c3ncccc3Br)ncc21. The van der Waals surface area contributed by atoms with E-state index in [0.29, 0.717) is 11.9 Å². The van der Waals surface area contributed by atoms with E-state index in [2.05, 4.69) is 31.2 Å². The minimum Gasteiger partial charge on any atom is -0.313 e. The maximum atomic E-state index is 4.76. The highest BCUT2D eigenvalue weighted by molar-refractivity contribution is 9.10. The molecule has 0 saturated heterocycles. The number of fused-ring (bicyclic) bond motifs is 1. The van der Waals surface area contributed by atoms with Crippen molar-refractivity contribution in [1.82, 2.24) is 20.3 Å². The molecule has 2 heterocycles. The Balaban J connectivity index is 2.05. The molecule has 0 radical (unpaired) electrons. The van der Waals surface area contributed by atoms with Crippen molar-refractivity contribution in [2.45, 2.75) is 31.7 Å². The van der Waals surface area contributed by atoms with Gasteiger partial charge in [0.15, 0.2) is 5.82 Å². The normalized spacial score (nSPS) is 18.4. The number of aryl methyl sites for hydroxylation is 1.